The van der Waals surface area contributed by atoms with Crippen LogP contribution in [-0.2, 0) is 4.79 Å². The highest BCUT2D eigenvalue weighted by Gasteiger charge is 2.25. The second-order valence-corrected chi connectivity index (χ2v) is 6.01. The number of carbonyl (C=O) groups is 2. The van der Waals surface area contributed by atoms with Gasteiger partial charge in [-0.2, -0.15) is 0 Å². The van der Waals surface area contributed by atoms with Gasteiger partial charge in [0.25, 0.3) is 11.1 Å². The number of fused-ring (bicyclic) bond motifs is 1. The van der Waals surface area contributed by atoms with Crippen molar-refractivity contribution in [3.05, 3.63) is 35.0 Å². The van der Waals surface area contributed by atoms with Gasteiger partial charge < -0.3 is 4.90 Å². The molecule has 7 heteroatoms. The monoisotopic (exact) mass is 328 g/mol. The van der Waals surface area contributed by atoms with Crippen molar-refractivity contribution in [2.75, 3.05) is 18.0 Å². The minimum absolute atomic E-state index is 0.339. The SMILES string of the molecule is CCN(CC)c1ncnc2ccc(/C=C3\SC(=O)NC3=O)cc12. The third-order valence-electron chi connectivity index (χ3n) is 3.64. The molecule has 0 bridgehead atoms. The van der Waals surface area contributed by atoms with Gasteiger partial charge >= 0.3 is 0 Å². The van der Waals surface area contributed by atoms with Gasteiger partial charge in [0.15, 0.2) is 0 Å². The Kier molecular flexibility index (Phi) is 4.29. The van der Waals surface area contributed by atoms with Crippen molar-refractivity contribution in [1.29, 1.82) is 0 Å². The van der Waals surface area contributed by atoms with Crippen LogP contribution in [0.2, 0.25) is 0 Å². The molecule has 0 radical (unpaired) electrons. The summed E-state index contributed by atoms with van der Waals surface area (Å²) >= 11 is 0.913. The fourth-order valence-electron chi connectivity index (χ4n) is 2.50. The van der Waals surface area contributed by atoms with E-state index in [-0.39, 0.29) is 11.1 Å². The molecule has 1 saturated heterocycles. The predicted octanol–water partition coefficient (Wildman–Crippen LogP) is 2.80. The molecular formula is C16H16N4O2S. The summed E-state index contributed by atoms with van der Waals surface area (Å²) in [5, 5.41) is 2.85. The normalized spacial score (nSPS) is 16.2. The van der Waals surface area contributed by atoms with E-state index in [4.69, 9.17) is 0 Å². The molecule has 0 atom stereocenters. The maximum atomic E-state index is 11.7. The third-order valence-corrected chi connectivity index (χ3v) is 4.45. The standard InChI is InChI=1S/C16H16N4O2S/c1-3-20(4-2)14-11-7-10(5-6-12(11)17-9-18-14)8-13-15(21)19-16(22)23-13/h5-9H,3-4H2,1-2H3,(H,19,21,22)/b13-8-. The van der Waals surface area contributed by atoms with Crippen LogP contribution in [0, 0.1) is 0 Å². The van der Waals surface area contributed by atoms with E-state index >= 15 is 0 Å². The molecule has 118 valence electrons. The number of nitrogens with one attached hydrogen (secondary N) is 1. The highest BCUT2D eigenvalue weighted by Crippen LogP contribution is 2.28. The molecule has 1 aromatic heterocycles. The van der Waals surface area contributed by atoms with Gasteiger partial charge in [-0.25, -0.2) is 9.97 Å². The van der Waals surface area contributed by atoms with Crippen molar-refractivity contribution < 1.29 is 9.59 Å². The first-order valence-electron chi connectivity index (χ1n) is 7.37. The van der Waals surface area contributed by atoms with Crippen molar-refractivity contribution in [3.8, 4) is 0 Å². The maximum Gasteiger partial charge on any atom is 0.290 e. The molecule has 1 N–H and O–H groups in total. The summed E-state index contributed by atoms with van der Waals surface area (Å²) in [6.07, 6.45) is 3.27. The largest absolute Gasteiger partial charge is 0.357 e. The van der Waals surface area contributed by atoms with Gasteiger partial charge in [0.2, 0.25) is 0 Å². The summed E-state index contributed by atoms with van der Waals surface area (Å²) in [6.45, 7) is 5.85. The Labute approximate surface area is 138 Å². The van der Waals surface area contributed by atoms with E-state index in [0.29, 0.717) is 4.91 Å². The second-order valence-electron chi connectivity index (χ2n) is 5.00. The number of nitrogens with zero attached hydrogens (tertiary/aromatic N) is 3. The van der Waals surface area contributed by atoms with Crippen LogP contribution >= 0.6 is 11.8 Å². The Bertz CT molecular complexity index is 815. The van der Waals surface area contributed by atoms with E-state index in [2.05, 4.69) is 34.0 Å². The third kappa shape index (κ3) is 3.05. The summed E-state index contributed by atoms with van der Waals surface area (Å²) in [7, 11) is 0. The van der Waals surface area contributed by atoms with Crippen molar-refractivity contribution in [3.63, 3.8) is 0 Å². The number of aromatic nitrogens is 2. The molecule has 3 rings (SSSR count). The number of thioether (sulfide) groups is 1. The van der Waals surface area contributed by atoms with Gasteiger partial charge in [0.05, 0.1) is 10.4 Å². The zero-order valence-electron chi connectivity index (χ0n) is 12.9. The lowest BCUT2D eigenvalue weighted by Crippen LogP contribution is -2.23. The number of benzene rings is 1. The Balaban J connectivity index is 2.07. The average Bonchev–Trinajstić information content (AvgIpc) is 2.86. The fraction of sp³-hybridized carbons (Fsp3) is 0.250. The molecule has 1 aromatic carbocycles. The lowest BCUT2D eigenvalue weighted by molar-refractivity contribution is -0.115. The van der Waals surface area contributed by atoms with Crippen LogP contribution in [-0.4, -0.2) is 34.2 Å². The van der Waals surface area contributed by atoms with Crippen LogP contribution < -0.4 is 10.2 Å². The Hall–Kier alpha value is -2.41. The number of rotatable bonds is 4. The summed E-state index contributed by atoms with van der Waals surface area (Å²) in [4.78, 5) is 34.2. The molecule has 23 heavy (non-hydrogen) atoms. The summed E-state index contributed by atoms with van der Waals surface area (Å²) < 4.78 is 0. The highest BCUT2D eigenvalue weighted by atomic mass is 32.2. The number of hydrogen-bond acceptors (Lipinski definition) is 6. The lowest BCUT2D eigenvalue weighted by Gasteiger charge is -2.21. The molecule has 1 aliphatic rings. The molecule has 1 aliphatic heterocycles. The lowest BCUT2D eigenvalue weighted by atomic mass is 10.1. The van der Waals surface area contributed by atoms with Crippen LogP contribution in [0.1, 0.15) is 19.4 Å². The fourth-order valence-corrected chi connectivity index (χ4v) is 3.18. The van der Waals surface area contributed by atoms with Crippen LogP contribution in [0.25, 0.3) is 17.0 Å². The van der Waals surface area contributed by atoms with Crippen molar-refractivity contribution >= 4 is 45.7 Å². The summed E-state index contributed by atoms with van der Waals surface area (Å²) in [6, 6.07) is 5.73. The quantitative estimate of drug-likeness (QED) is 0.870. The molecular weight excluding hydrogens is 312 g/mol. The van der Waals surface area contributed by atoms with Crippen LogP contribution in [0.4, 0.5) is 10.6 Å². The van der Waals surface area contributed by atoms with Gasteiger partial charge in [-0.15, -0.1) is 0 Å². The van der Waals surface area contributed by atoms with E-state index in [1.807, 2.05) is 18.2 Å². The van der Waals surface area contributed by atoms with E-state index in [0.717, 1.165) is 47.1 Å². The first-order valence-corrected chi connectivity index (χ1v) is 8.18. The summed E-state index contributed by atoms with van der Waals surface area (Å²) in [5.74, 6) is 0.522. The number of amides is 2. The van der Waals surface area contributed by atoms with Crippen molar-refractivity contribution in [1.82, 2.24) is 15.3 Å². The van der Waals surface area contributed by atoms with Gasteiger partial charge in [0, 0.05) is 18.5 Å². The van der Waals surface area contributed by atoms with Crippen molar-refractivity contribution in [2.45, 2.75) is 13.8 Å². The van der Waals surface area contributed by atoms with Gasteiger partial charge in [-0.05, 0) is 49.4 Å². The van der Waals surface area contributed by atoms with Crippen LogP contribution in [0.5, 0.6) is 0 Å². The molecule has 2 aromatic rings. The second kappa shape index (κ2) is 6.37. The molecule has 0 spiro atoms. The van der Waals surface area contributed by atoms with Crippen molar-refractivity contribution in [2.24, 2.45) is 0 Å². The minimum Gasteiger partial charge on any atom is -0.357 e. The Morgan fingerprint density at radius 2 is 2.00 bits per heavy atom. The summed E-state index contributed by atoms with van der Waals surface area (Å²) in [5.41, 5.74) is 1.69. The zero-order chi connectivity index (χ0) is 16.4. The minimum atomic E-state index is -0.353. The van der Waals surface area contributed by atoms with Gasteiger partial charge in [0.1, 0.15) is 12.1 Å². The highest BCUT2D eigenvalue weighted by molar-refractivity contribution is 8.18. The molecule has 6 nitrogen and oxygen atoms in total. The Morgan fingerprint density at radius 3 is 2.65 bits per heavy atom. The number of anilines is 1. The smallest absolute Gasteiger partial charge is 0.290 e. The van der Waals surface area contributed by atoms with E-state index in [1.54, 1.807) is 12.4 Å². The number of imide groups is 1. The molecule has 2 heterocycles. The number of carbonyl (C=O) groups excluding carboxylic acids is 2. The maximum absolute atomic E-state index is 11.7. The van der Waals surface area contributed by atoms with Gasteiger partial charge in [-0.1, -0.05) is 6.07 Å². The first kappa shape index (κ1) is 15.5. The van der Waals surface area contributed by atoms with Crippen LogP contribution in [0.3, 0.4) is 0 Å². The topological polar surface area (TPSA) is 75.2 Å². The Morgan fingerprint density at radius 1 is 1.22 bits per heavy atom. The molecule has 0 unspecified atom stereocenters. The molecule has 0 aliphatic carbocycles. The number of hydrogen-bond donors (Lipinski definition) is 1. The first-order chi connectivity index (χ1) is 11.1. The molecule has 2 amide bonds. The van der Waals surface area contributed by atoms with E-state index < -0.39 is 0 Å². The molecule has 1 fully saturated rings. The van der Waals surface area contributed by atoms with Gasteiger partial charge in [-0.3, -0.25) is 14.9 Å². The van der Waals surface area contributed by atoms with Crippen LogP contribution in [0.15, 0.2) is 29.4 Å². The predicted molar refractivity (Wildman–Crippen MR) is 92.2 cm³/mol. The average molecular weight is 328 g/mol. The van der Waals surface area contributed by atoms with E-state index in [1.165, 1.54) is 0 Å². The zero-order valence-corrected chi connectivity index (χ0v) is 13.7. The van der Waals surface area contributed by atoms with E-state index in [9.17, 15) is 9.59 Å². The molecule has 0 saturated carbocycles.